The minimum Gasteiger partial charge on any atom is -0.494 e. The number of hydrogen-bond acceptors (Lipinski definition) is 5. The molecule has 1 aromatic heterocycles. The number of para-hydroxylation sites is 1. The zero-order valence-electron chi connectivity index (χ0n) is 27.4. The van der Waals surface area contributed by atoms with Crippen LogP contribution in [0.5, 0.6) is 5.75 Å². The number of amides is 2. The number of nitrogens with zero attached hydrogens (tertiary/aromatic N) is 2. The molecule has 45 heavy (non-hydrogen) atoms. The number of aryl methyl sites for hydroxylation is 2. The van der Waals surface area contributed by atoms with E-state index in [-0.39, 0.29) is 17.8 Å². The Morgan fingerprint density at radius 3 is 2.02 bits per heavy atom. The lowest BCUT2D eigenvalue weighted by Crippen LogP contribution is -2.29. The Balaban J connectivity index is 1.26. The van der Waals surface area contributed by atoms with Crippen molar-refractivity contribution in [2.75, 3.05) is 18.1 Å². The quantitative estimate of drug-likeness (QED) is 0.0747. The van der Waals surface area contributed by atoms with Crippen LogP contribution in [0.15, 0.2) is 77.4 Å². The molecule has 2 heterocycles. The molecule has 1 aliphatic heterocycles. The van der Waals surface area contributed by atoms with Gasteiger partial charge >= 0.3 is 5.97 Å². The highest BCUT2D eigenvalue weighted by Gasteiger charge is 2.40. The van der Waals surface area contributed by atoms with Gasteiger partial charge in [0.25, 0.3) is 11.8 Å². The molecule has 2 aromatic carbocycles. The van der Waals surface area contributed by atoms with Crippen LogP contribution in [0.25, 0.3) is 17.0 Å². The van der Waals surface area contributed by atoms with Gasteiger partial charge in [-0.2, -0.15) is 0 Å². The van der Waals surface area contributed by atoms with E-state index in [1.54, 1.807) is 19.1 Å². The van der Waals surface area contributed by atoms with Gasteiger partial charge in [0.1, 0.15) is 5.75 Å². The summed E-state index contributed by atoms with van der Waals surface area (Å²) in [5.41, 5.74) is 5.71. The molecule has 0 radical (unpaired) electrons. The SMILES string of the molecule is C=C(C)C(=O)OCCCCCCCCCCOc1ccc(N2C(=O)C(=C(C)C)/C(=C/c3c(C)c4ccccc4n3C)C2=O)cc1. The van der Waals surface area contributed by atoms with Crippen molar-refractivity contribution in [3.8, 4) is 5.75 Å². The van der Waals surface area contributed by atoms with Gasteiger partial charge in [-0.3, -0.25) is 9.59 Å². The molecule has 0 bridgehead atoms. The summed E-state index contributed by atoms with van der Waals surface area (Å²) >= 11 is 0. The second-order valence-corrected chi connectivity index (χ2v) is 12.1. The number of aromatic nitrogens is 1. The second kappa shape index (κ2) is 15.6. The minimum absolute atomic E-state index is 0.303. The molecule has 3 aromatic rings. The predicted molar refractivity (Wildman–Crippen MR) is 181 cm³/mol. The molecule has 7 heteroatoms. The number of imide groups is 1. The Morgan fingerprint density at radius 2 is 1.42 bits per heavy atom. The van der Waals surface area contributed by atoms with Crippen LogP contribution < -0.4 is 9.64 Å². The molecule has 0 aliphatic carbocycles. The number of ether oxygens (including phenoxy) is 2. The molecular weight excluding hydrogens is 564 g/mol. The molecule has 0 saturated carbocycles. The molecule has 0 N–H and O–H groups in total. The fraction of sp³-hybridized carbons (Fsp3) is 0.395. The molecule has 238 valence electrons. The third kappa shape index (κ3) is 8.01. The minimum atomic E-state index is -0.319. The van der Waals surface area contributed by atoms with Crippen molar-refractivity contribution in [3.63, 3.8) is 0 Å². The third-order valence-corrected chi connectivity index (χ3v) is 8.30. The van der Waals surface area contributed by atoms with Crippen LogP contribution in [-0.4, -0.2) is 35.6 Å². The standard InChI is InChI=1S/C38H46N2O5/c1-26(2)35-32(25-34-28(5)31-17-13-14-18-33(31)39(34)6)36(41)40(37(35)42)29-19-21-30(22-20-29)44-23-15-11-9-7-8-10-12-16-24-45-38(43)27(3)4/h13-14,17-22,25H,3,7-12,15-16,23-24H2,1-2,4-6H3/b32-25-. The second-order valence-electron chi connectivity index (χ2n) is 12.1. The predicted octanol–water partition coefficient (Wildman–Crippen LogP) is 8.40. The number of anilines is 1. The van der Waals surface area contributed by atoms with E-state index in [0.29, 0.717) is 35.6 Å². The highest BCUT2D eigenvalue weighted by atomic mass is 16.5. The van der Waals surface area contributed by atoms with Gasteiger partial charge in [0.2, 0.25) is 0 Å². The number of benzene rings is 2. The number of unbranched alkanes of at least 4 members (excludes halogenated alkanes) is 7. The average Bonchev–Trinajstić information content (AvgIpc) is 3.41. The lowest BCUT2D eigenvalue weighted by molar-refractivity contribution is -0.139. The van der Waals surface area contributed by atoms with Crippen LogP contribution in [-0.2, 0) is 26.2 Å². The Hall–Kier alpha value is -4.39. The zero-order valence-corrected chi connectivity index (χ0v) is 27.4. The smallest absolute Gasteiger partial charge is 0.333 e. The molecule has 1 saturated heterocycles. The zero-order chi connectivity index (χ0) is 32.5. The van der Waals surface area contributed by atoms with E-state index in [1.165, 1.54) is 17.7 Å². The first-order valence-electron chi connectivity index (χ1n) is 16.0. The number of esters is 1. The summed E-state index contributed by atoms with van der Waals surface area (Å²) < 4.78 is 13.1. The van der Waals surface area contributed by atoms with Gasteiger partial charge in [-0.15, -0.1) is 0 Å². The van der Waals surface area contributed by atoms with E-state index >= 15 is 0 Å². The molecule has 4 rings (SSSR count). The van der Waals surface area contributed by atoms with Crippen molar-refractivity contribution < 1.29 is 23.9 Å². The van der Waals surface area contributed by atoms with Crippen LogP contribution in [0, 0.1) is 6.92 Å². The Morgan fingerprint density at radius 1 is 0.822 bits per heavy atom. The highest BCUT2D eigenvalue weighted by Crippen LogP contribution is 2.35. The number of allylic oxidation sites excluding steroid dienone is 1. The maximum Gasteiger partial charge on any atom is 0.333 e. The molecular formula is C38H46N2O5. The van der Waals surface area contributed by atoms with E-state index in [4.69, 9.17) is 9.47 Å². The third-order valence-electron chi connectivity index (χ3n) is 8.30. The number of carbonyl (C=O) groups excluding carboxylic acids is 3. The van der Waals surface area contributed by atoms with Gasteiger partial charge in [-0.25, -0.2) is 9.69 Å². The first-order chi connectivity index (χ1) is 21.6. The maximum atomic E-state index is 13.7. The normalized spacial score (nSPS) is 14.1. The van der Waals surface area contributed by atoms with Gasteiger partial charge in [-0.05, 0) is 82.5 Å². The lowest BCUT2D eigenvalue weighted by atomic mass is 10.0. The van der Waals surface area contributed by atoms with Crippen LogP contribution in [0.3, 0.4) is 0 Å². The first kappa shape index (κ1) is 33.5. The van der Waals surface area contributed by atoms with E-state index in [0.717, 1.165) is 72.0 Å². The van der Waals surface area contributed by atoms with Gasteiger partial charge in [0, 0.05) is 29.2 Å². The molecule has 1 aliphatic rings. The topological polar surface area (TPSA) is 77.8 Å². The van der Waals surface area contributed by atoms with Gasteiger partial charge in [-0.1, -0.05) is 68.9 Å². The number of hydrogen-bond donors (Lipinski definition) is 0. The summed E-state index contributed by atoms with van der Waals surface area (Å²) in [5.74, 6) is -0.213. The van der Waals surface area contributed by atoms with Crippen LogP contribution >= 0.6 is 0 Å². The fourth-order valence-electron chi connectivity index (χ4n) is 5.78. The molecule has 7 nitrogen and oxygen atoms in total. The van der Waals surface area contributed by atoms with Crippen molar-refractivity contribution in [2.24, 2.45) is 7.05 Å². The Labute approximate surface area is 267 Å². The van der Waals surface area contributed by atoms with E-state index < -0.39 is 0 Å². The van der Waals surface area contributed by atoms with E-state index in [2.05, 4.69) is 23.3 Å². The molecule has 0 unspecified atom stereocenters. The van der Waals surface area contributed by atoms with Crippen molar-refractivity contribution in [3.05, 3.63) is 88.7 Å². The molecule has 0 spiro atoms. The number of fused-ring (bicyclic) bond motifs is 1. The first-order valence-corrected chi connectivity index (χ1v) is 16.0. The van der Waals surface area contributed by atoms with Crippen LogP contribution in [0.4, 0.5) is 5.69 Å². The summed E-state index contributed by atoms with van der Waals surface area (Å²) in [7, 11) is 1.99. The Kier molecular flexibility index (Phi) is 11.6. The largest absolute Gasteiger partial charge is 0.494 e. The monoisotopic (exact) mass is 610 g/mol. The van der Waals surface area contributed by atoms with Crippen molar-refractivity contribution in [1.29, 1.82) is 0 Å². The summed E-state index contributed by atoms with van der Waals surface area (Å²) in [4.78, 5) is 39.9. The van der Waals surface area contributed by atoms with Crippen molar-refractivity contribution in [2.45, 2.75) is 79.1 Å². The van der Waals surface area contributed by atoms with E-state index in [9.17, 15) is 14.4 Å². The summed E-state index contributed by atoms with van der Waals surface area (Å²) in [5, 5.41) is 1.13. The van der Waals surface area contributed by atoms with Crippen molar-refractivity contribution in [1.82, 2.24) is 4.57 Å². The maximum absolute atomic E-state index is 13.7. The Bertz CT molecular complexity index is 1580. The summed E-state index contributed by atoms with van der Waals surface area (Å²) in [6, 6.07) is 15.3. The number of carbonyl (C=O) groups is 3. The summed E-state index contributed by atoms with van der Waals surface area (Å²) in [6.45, 7) is 12.1. The van der Waals surface area contributed by atoms with E-state index in [1.807, 2.05) is 58.2 Å². The fourth-order valence-corrected chi connectivity index (χ4v) is 5.78. The van der Waals surface area contributed by atoms with Gasteiger partial charge < -0.3 is 14.0 Å². The van der Waals surface area contributed by atoms with Gasteiger partial charge in [0.05, 0.1) is 30.0 Å². The number of rotatable bonds is 15. The van der Waals surface area contributed by atoms with Crippen LogP contribution in [0.1, 0.15) is 83.4 Å². The molecule has 0 atom stereocenters. The van der Waals surface area contributed by atoms with Crippen molar-refractivity contribution >= 4 is 40.4 Å². The van der Waals surface area contributed by atoms with Crippen LogP contribution in [0.2, 0.25) is 0 Å². The lowest BCUT2D eigenvalue weighted by Gasteiger charge is -2.14. The summed E-state index contributed by atoms with van der Waals surface area (Å²) in [6.07, 6.45) is 10.5. The highest BCUT2D eigenvalue weighted by molar-refractivity contribution is 6.38. The molecule has 2 amide bonds. The molecule has 1 fully saturated rings. The van der Waals surface area contributed by atoms with Gasteiger partial charge in [0.15, 0.2) is 0 Å². The average molecular weight is 611 g/mol.